The Hall–Kier alpha value is -3.64. The van der Waals surface area contributed by atoms with Gasteiger partial charge in [-0.3, -0.25) is 4.98 Å². The lowest BCUT2D eigenvalue weighted by molar-refractivity contribution is 0.565. The maximum absolute atomic E-state index is 5.97. The van der Waals surface area contributed by atoms with E-state index in [1.807, 2.05) is 18.3 Å². The fourth-order valence-electron chi connectivity index (χ4n) is 5.71. The first-order valence-electron chi connectivity index (χ1n) is 13.5. The van der Waals surface area contributed by atoms with Crippen LogP contribution in [0.2, 0.25) is 0 Å². The minimum Gasteiger partial charge on any atom is -0.372 e. The van der Waals surface area contributed by atoms with Crippen LogP contribution in [0, 0.1) is 27.7 Å². The molecule has 1 aliphatic rings. The molecule has 0 amide bonds. The van der Waals surface area contributed by atoms with Gasteiger partial charge in [0.25, 0.3) is 0 Å². The van der Waals surface area contributed by atoms with Crippen molar-refractivity contribution in [1.29, 1.82) is 0 Å². The van der Waals surface area contributed by atoms with Crippen LogP contribution in [0.25, 0.3) is 5.69 Å². The molecule has 0 saturated carbocycles. The molecule has 2 atom stereocenters. The molecule has 0 aliphatic carbocycles. The van der Waals surface area contributed by atoms with Gasteiger partial charge in [-0.15, -0.1) is 0 Å². The number of hydrogen-bond acceptors (Lipinski definition) is 3. The highest BCUT2D eigenvalue weighted by Crippen LogP contribution is 2.44. The fourth-order valence-corrected chi connectivity index (χ4v) is 6.06. The predicted molar refractivity (Wildman–Crippen MR) is 163 cm³/mol. The average molecular weight is 524 g/mol. The molecule has 2 aromatic heterocycles. The maximum Gasteiger partial charge on any atom is 0.174 e. The molecule has 4 aromatic rings. The molecule has 6 heteroatoms. The molecule has 0 spiro atoms. The van der Waals surface area contributed by atoms with Crippen LogP contribution in [0.4, 0.5) is 11.4 Å². The Balaban J connectivity index is 1.62. The van der Waals surface area contributed by atoms with E-state index in [9.17, 15) is 0 Å². The summed E-state index contributed by atoms with van der Waals surface area (Å²) in [4.78, 5) is 9.37. The first kappa shape index (κ1) is 26.0. The number of nitrogens with one attached hydrogen (secondary N) is 1. The van der Waals surface area contributed by atoms with Gasteiger partial charge in [0.15, 0.2) is 5.11 Å². The molecular formula is C32H37N5S. The molecule has 2 aromatic carbocycles. The van der Waals surface area contributed by atoms with Crippen molar-refractivity contribution < 1.29 is 0 Å². The standard InChI is InChI=1S/C32H37N5S/c1-7-35(8-2)25-14-16-26(17-15-25)36-23(5)20-28(24(36)6)31-30(29-11-9-10-18-33-29)34-32(38)37(31)27-13-12-21(3)22(4)19-27/h9-20,30-31H,7-8H2,1-6H3,(H,34,38). The van der Waals surface area contributed by atoms with Gasteiger partial charge in [0.05, 0.1) is 17.8 Å². The van der Waals surface area contributed by atoms with E-state index < -0.39 is 0 Å². The predicted octanol–water partition coefficient (Wildman–Crippen LogP) is 7.13. The van der Waals surface area contributed by atoms with Crippen molar-refractivity contribution in [2.45, 2.75) is 53.6 Å². The molecule has 5 rings (SSSR count). The maximum atomic E-state index is 5.97. The van der Waals surface area contributed by atoms with Gasteiger partial charge in [-0.1, -0.05) is 12.1 Å². The number of pyridine rings is 1. The lowest BCUT2D eigenvalue weighted by atomic mass is 9.96. The largest absolute Gasteiger partial charge is 0.372 e. The molecule has 5 nitrogen and oxygen atoms in total. The fraction of sp³-hybridized carbons (Fsp3) is 0.312. The molecule has 1 saturated heterocycles. The first-order valence-corrected chi connectivity index (χ1v) is 13.9. The Kier molecular flexibility index (Phi) is 7.26. The van der Waals surface area contributed by atoms with Crippen molar-refractivity contribution in [3.8, 4) is 5.69 Å². The summed E-state index contributed by atoms with van der Waals surface area (Å²) in [6.07, 6.45) is 1.86. The quantitative estimate of drug-likeness (QED) is 0.261. The van der Waals surface area contributed by atoms with Crippen LogP contribution in [0.15, 0.2) is 72.9 Å². The van der Waals surface area contributed by atoms with E-state index in [0.717, 1.165) is 29.6 Å². The van der Waals surface area contributed by atoms with Crippen molar-refractivity contribution in [3.63, 3.8) is 0 Å². The second-order valence-corrected chi connectivity index (χ2v) is 10.5. The third kappa shape index (κ3) is 4.58. The van der Waals surface area contributed by atoms with Crippen molar-refractivity contribution in [2.75, 3.05) is 22.9 Å². The Morgan fingerprint density at radius 1 is 0.868 bits per heavy atom. The van der Waals surface area contributed by atoms with Crippen molar-refractivity contribution in [1.82, 2.24) is 14.9 Å². The van der Waals surface area contributed by atoms with Gasteiger partial charge in [-0.25, -0.2) is 0 Å². The topological polar surface area (TPSA) is 36.3 Å². The second-order valence-electron chi connectivity index (χ2n) is 10.1. The molecule has 196 valence electrons. The number of aromatic nitrogens is 2. The van der Waals surface area contributed by atoms with Crippen LogP contribution in [0.1, 0.15) is 59.7 Å². The molecule has 0 radical (unpaired) electrons. The smallest absolute Gasteiger partial charge is 0.174 e. The van der Waals surface area contributed by atoms with E-state index in [1.54, 1.807) is 0 Å². The summed E-state index contributed by atoms with van der Waals surface area (Å²) in [6.45, 7) is 15.1. The van der Waals surface area contributed by atoms with E-state index in [4.69, 9.17) is 17.2 Å². The zero-order chi connectivity index (χ0) is 27.0. The minimum atomic E-state index is -0.0655. The highest BCUT2D eigenvalue weighted by molar-refractivity contribution is 7.80. The Morgan fingerprint density at radius 3 is 2.21 bits per heavy atom. The summed E-state index contributed by atoms with van der Waals surface area (Å²) < 4.78 is 2.36. The minimum absolute atomic E-state index is 0.0330. The van der Waals surface area contributed by atoms with Gasteiger partial charge in [-0.2, -0.15) is 0 Å². The monoisotopic (exact) mass is 523 g/mol. The number of anilines is 2. The molecule has 1 N–H and O–H groups in total. The molecular weight excluding hydrogens is 486 g/mol. The van der Waals surface area contributed by atoms with E-state index >= 15 is 0 Å². The molecule has 0 bridgehead atoms. The lowest BCUT2D eigenvalue weighted by Crippen LogP contribution is -2.29. The van der Waals surface area contributed by atoms with Gasteiger partial charge in [0, 0.05) is 47.7 Å². The van der Waals surface area contributed by atoms with Gasteiger partial charge in [0.1, 0.15) is 0 Å². The van der Waals surface area contributed by atoms with Gasteiger partial charge in [-0.05, 0) is 125 Å². The summed E-state index contributed by atoms with van der Waals surface area (Å²) in [7, 11) is 0. The van der Waals surface area contributed by atoms with Crippen LogP contribution in [0.3, 0.4) is 0 Å². The summed E-state index contributed by atoms with van der Waals surface area (Å²) in [5, 5.41) is 4.33. The van der Waals surface area contributed by atoms with Crippen LogP contribution in [0.5, 0.6) is 0 Å². The van der Waals surface area contributed by atoms with Crippen LogP contribution in [-0.2, 0) is 0 Å². The third-order valence-corrected chi connectivity index (χ3v) is 8.21. The molecule has 38 heavy (non-hydrogen) atoms. The summed E-state index contributed by atoms with van der Waals surface area (Å²) in [5.41, 5.74) is 10.7. The van der Waals surface area contributed by atoms with Crippen molar-refractivity contribution in [3.05, 3.63) is 107 Å². The molecule has 2 unspecified atom stereocenters. The van der Waals surface area contributed by atoms with Crippen LogP contribution >= 0.6 is 12.2 Å². The summed E-state index contributed by atoms with van der Waals surface area (Å²) in [6, 6.07) is 23.8. The number of hydrogen-bond donors (Lipinski definition) is 1. The highest BCUT2D eigenvalue weighted by Gasteiger charge is 2.42. The number of aryl methyl sites for hydroxylation is 3. The van der Waals surface area contributed by atoms with E-state index in [0.29, 0.717) is 0 Å². The zero-order valence-electron chi connectivity index (χ0n) is 23.2. The molecule has 1 fully saturated rings. The lowest BCUT2D eigenvalue weighted by Gasteiger charge is -2.28. The number of benzene rings is 2. The molecule has 3 heterocycles. The van der Waals surface area contributed by atoms with E-state index in [-0.39, 0.29) is 12.1 Å². The number of nitrogens with zero attached hydrogens (tertiary/aromatic N) is 4. The second kappa shape index (κ2) is 10.6. The first-order chi connectivity index (χ1) is 18.3. The van der Waals surface area contributed by atoms with Crippen molar-refractivity contribution >= 4 is 28.7 Å². The SMILES string of the molecule is CCN(CC)c1ccc(-n2c(C)cc(C3C(c4ccccn4)NC(=S)N3c3ccc(C)c(C)c3)c2C)cc1. The summed E-state index contributed by atoms with van der Waals surface area (Å²) in [5.74, 6) is 0. The van der Waals surface area contributed by atoms with Gasteiger partial charge in [0.2, 0.25) is 0 Å². The molecule has 1 aliphatic heterocycles. The zero-order valence-corrected chi connectivity index (χ0v) is 24.0. The average Bonchev–Trinajstić information content (AvgIpc) is 3.42. The van der Waals surface area contributed by atoms with Gasteiger partial charge >= 0.3 is 0 Å². The van der Waals surface area contributed by atoms with Crippen LogP contribution < -0.4 is 15.1 Å². The van der Waals surface area contributed by atoms with Crippen molar-refractivity contribution in [2.24, 2.45) is 0 Å². The number of thiocarbonyl (C=S) groups is 1. The van der Waals surface area contributed by atoms with Gasteiger partial charge < -0.3 is 19.7 Å². The normalized spacial score (nSPS) is 17.1. The summed E-state index contributed by atoms with van der Waals surface area (Å²) >= 11 is 5.97. The van der Waals surface area contributed by atoms with Crippen LogP contribution in [-0.4, -0.2) is 27.8 Å². The Bertz CT molecular complexity index is 1440. The van der Waals surface area contributed by atoms with E-state index in [1.165, 1.54) is 39.5 Å². The third-order valence-electron chi connectivity index (χ3n) is 7.89. The number of rotatable bonds is 7. The highest BCUT2D eigenvalue weighted by atomic mass is 32.1. The Morgan fingerprint density at radius 2 is 1.58 bits per heavy atom. The Labute approximate surface area is 232 Å². The van der Waals surface area contributed by atoms with E-state index in [2.05, 4.69) is 116 Å².